The third-order valence-electron chi connectivity index (χ3n) is 6.16. The smallest absolute Gasteiger partial charge is 0.173 e. The van der Waals surface area contributed by atoms with E-state index in [1.165, 1.54) is 0 Å². The van der Waals surface area contributed by atoms with Gasteiger partial charge in [-0.3, -0.25) is 4.90 Å². The first-order valence-electron chi connectivity index (χ1n) is 10.8. The van der Waals surface area contributed by atoms with Crippen LogP contribution in [0.25, 0.3) is 0 Å². The van der Waals surface area contributed by atoms with Crippen molar-refractivity contribution >= 4 is 0 Å². The molecule has 2 atom stereocenters. The van der Waals surface area contributed by atoms with Crippen molar-refractivity contribution in [3.05, 3.63) is 29.6 Å². The molecule has 2 saturated heterocycles. The van der Waals surface area contributed by atoms with E-state index in [4.69, 9.17) is 14.2 Å². The van der Waals surface area contributed by atoms with Crippen LogP contribution in [0.3, 0.4) is 0 Å². The van der Waals surface area contributed by atoms with Gasteiger partial charge in [0.15, 0.2) is 5.82 Å². The molecular formula is C21H32N6O3. The molecule has 164 valence electrons. The number of piperazine rings is 1. The van der Waals surface area contributed by atoms with Crippen molar-refractivity contribution < 1.29 is 14.2 Å². The highest BCUT2D eigenvalue weighted by atomic mass is 16.5. The fourth-order valence-corrected chi connectivity index (χ4v) is 4.41. The number of hydrogen-bond acceptors (Lipinski definition) is 8. The second kappa shape index (κ2) is 9.72. The first-order valence-corrected chi connectivity index (χ1v) is 10.8. The Morgan fingerprint density at radius 2 is 2.00 bits per heavy atom. The molecule has 0 spiro atoms. The Kier molecular flexibility index (Phi) is 6.81. The van der Waals surface area contributed by atoms with E-state index < -0.39 is 0 Å². The summed E-state index contributed by atoms with van der Waals surface area (Å²) in [6.07, 6.45) is 2.30. The lowest BCUT2D eigenvalue weighted by molar-refractivity contribution is 0.0858. The summed E-state index contributed by atoms with van der Waals surface area (Å²) < 4.78 is 19.0. The molecular weight excluding hydrogens is 384 g/mol. The van der Waals surface area contributed by atoms with E-state index in [9.17, 15) is 0 Å². The van der Waals surface area contributed by atoms with Gasteiger partial charge in [-0.05, 0) is 48.0 Å². The van der Waals surface area contributed by atoms with E-state index in [1.807, 2.05) is 22.9 Å². The van der Waals surface area contributed by atoms with Gasteiger partial charge in [0.2, 0.25) is 0 Å². The lowest BCUT2D eigenvalue weighted by Crippen LogP contribution is -2.48. The van der Waals surface area contributed by atoms with E-state index >= 15 is 0 Å². The van der Waals surface area contributed by atoms with Gasteiger partial charge in [0.1, 0.15) is 17.5 Å². The minimum absolute atomic E-state index is 0.120. The van der Waals surface area contributed by atoms with E-state index in [-0.39, 0.29) is 12.1 Å². The van der Waals surface area contributed by atoms with Crippen molar-refractivity contribution in [1.82, 2.24) is 30.0 Å². The van der Waals surface area contributed by atoms with E-state index in [0.717, 1.165) is 75.1 Å². The third-order valence-corrected chi connectivity index (χ3v) is 6.16. The highest BCUT2D eigenvalue weighted by Crippen LogP contribution is 2.36. The molecule has 1 aromatic carbocycles. The largest absolute Gasteiger partial charge is 0.497 e. The highest BCUT2D eigenvalue weighted by molar-refractivity contribution is 5.44. The number of aromatic nitrogens is 4. The third kappa shape index (κ3) is 4.43. The maximum atomic E-state index is 5.84. The van der Waals surface area contributed by atoms with Crippen molar-refractivity contribution in [2.75, 3.05) is 53.6 Å². The summed E-state index contributed by atoms with van der Waals surface area (Å²) >= 11 is 0. The van der Waals surface area contributed by atoms with E-state index in [0.29, 0.717) is 6.54 Å². The molecule has 0 bridgehead atoms. The van der Waals surface area contributed by atoms with Crippen LogP contribution >= 0.6 is 0 Å². The van der Waals surface area contributed by atoms with Gasteiger partial charge in [0, 0.05) is 38.3 Å². The molecule has 2 aliphatic rings. The first-order chi connectivity index (χ1) is 14.7. The average Bonchev–Trinajstić information content (AvgIpc) is 3.47. The number of ether oxygens (including phenoxy) is 3. The number of nitrogens with zero attached hydrogens (tertiary/aromatic N) is 6. The normalized spacial score (nSPS) is 21.6. The molecule has 0 aliphatic carbocycles. The zero-order valence-electron chi connectivity index (χ0n) is 18.2. The van der Waals surface area contributed by atoms with Crippen molar-refractivity contribution in [3.63, 3.8) is 0 Å². The quantitative estimate of drug-likeness (QED) is 0.642. The second-order valence-corrected chi connectivity index (χ2v) is 7.83. The Balaban J connectivity index is 1.71. The summed E-state index contributed by atoms with van der Waals surface area (Å²) in [6, 6.07) is 5.80. The standard InChI is InChI=1S/C21H32N6O3/c1-4-25-9-11-26(12-10-25)20(18-14-16(28-2)7-8-19(18)29-3)21-22-23-24-27(21)15-17-6-5-13-30-17/h7-8,14,17,20H,4-6,9-13,15H2,1-3H3/t17-,20+/m1/s1. The van der Waals surface area contributed by atoms with Gasteiger partial charge >= 0.3 is 0 Å². The molecule has 1 aromatic heterocycles. The van der Waals surface area contributed by atoms with Crippen molar-refractivity contribution in [2.24, 2.45) is 0 Å². The Morgan fingerprint density at radius 3 is 2.67 bits per heavy atom. The lowest BCUT2D eigenvalue weighted by Gasteiger charge is -2.39. The topological polar surface area (TPSA) is 77.8 Å². The zero-order valence-corrected chi connectivity index (χ0v) is 18.2. The Labute approximate surface area is 177 Å². The van der Waals surface area contributed by atoms with Crippen LogP contribution in [0.2, 0.25) is 0 Å². The van der Waals surface area contributed by atoms with Crippen LogP contribution in [0.15, 0.2) is 18.2 Å². The predicted molar refractivity (Wildman–Crippen MR) is 112 cm³/mol. The molecule has 30 heavy (non-hydrogen) atoms. The number of hydrogen-bond donors (Lipinski definition) is 0. The predicted octanol–water partition coefficient (Wildman–Crippen LogP) is 1.60. The molecule has 0 saturated carbocycles. The Bertz CT molecular complexity index is 815. The summed E-state index contributed by atoms with van der Waals surface area (Å²) in [5.74, 6) is 2.42. The van der Waals surface area contributed by atoms with Crippen LogP contribution in [0.4, 0.5) is 0 Å². The van der Waals surface area contributed by atoms with Gasteiger partial charge in [-0.1, -0.05) is 6.92 Å². The number of methoxy groups -OCH3 is 2. The van der Waals surface area contributed by atoms with Crippen LogP contribution in [-0.4, -0.2) is 89.7 Å². The van der Waals surface area contributed by atoms with Crippen LogP contribution in [0.1, 0.15) is 37.2 Å². The van der Waals surface area contributed by atoms with E-state index in [2.05, 4.69) is 32.2 Å². The van der Waals surface area contributed by atoms with Gasteiger partial charge in [-0.15, -0.1) is 5.10 Å². The molecule has 2 aromatic rings. The number of likely N-dealkylation sites (N-methyl/N-ethyl adjacent to an activating group) is 1. The molecule has 9 heteroatoms. The fourth-order valence-electron chi connectivity index (χ4n) is 4.41. The molecule has 0 amide bonds. The molecule has 9 nitrogen and oxygen atoms in total. The van der Waals surface area contributed by atoms with Gasteiger partial charge in [0.05, 0.1) is 26.9 Å². The van der Waals surface area contributed by atoms with Crippen LogP contribution in [0, 0.1) is 0 Å². The molecule has 0 unspecified atom stereocenters. The molecule has 4 rings (SSSR count). The van der Waals surface area contributed by atoms with Crippen molar-refractivity contribution in [1.29, 1.82) is 0 Å². The number of benzene rings is 1. The van der Waals surface area contributed by atoms with Crippen molar-refractivity contribution in [2.45, 2.75) is 38.5 Å². The van der Waals surface area contributed by atoms with Gasteiger partial charge < -0.3 is 19.1 Å². The summed E-state index contributed by atoms with van der Waals surface area (Å²) in [5, 5.41) is 12.8. The SMILES string of the molecule is CCN1CCN([C@@H](c2cc(OC)ccc2OC)c2nnnn2C[C@H]2CCCO2)CC1. The Hall–Kier alpha value is -2.23. The summed E-state index contributed by atoms with van der Waals surface area (Å²) in [7, 11) is 3.38. The number of rotatable bonds is 8. The highest BCUT2D eigenvalue weighted by Gasteiger charge is 2.33. The minimum Gasteiger partial charge on any atom is -0.497 e. The van der Waals surface area contributed by atoms with E-state index in [1.54, 1.807) is 14.2 Å². The summed E-state index contributed by atoms with van der Waals surface area (Å²) in [4.78, 5) is 4.91. The first kappa shape index (κ1) is 21.0. The van der Waals surface area contributed by atoms with Gasteiger partial charge in [0.25, 0.3) is 0 Å². The second-order valence-electron chi connectivity index (χ2n) is 7.83. The van der Waals surface area contributed by atoms with Crippen LogP contribution < -0.4 is 9.47 Å². The lowest BCUT2D eigenvalue weighted by atomic mass is 10.0. The summed E-state index contributed by atoms with van der Waals surface area (Å²) in [5.41, 5.74) is 1.02. The molecule has 0 radical (unpaired) electrons. The van der Waals surface area contributed by atoms with Gasteiger partial charge in [-0.25, -0.2) is 4.68 Å². The molecule has 0 N–H and O–H groups in total. The zero-order chi connectivity index (χ0) is 20.9. The maximum Gasteiger partial charge on any atom is 0.173 e. The average molecular weight is 417 g/mol. The number of tetrazole rings is 1. The monoisotopic (exact) mass is 416 g/mol. The van der Waals surface area contributed by atoms with Crippen molar-refractivity contribution in [3.8, 4) is 11.5 Å². The maximum absolute atomic E-state index is 5.84. The van der Waals surface area contributed by atoms with Crippen LogP contribution in [-0.2, 0) is 11.3 Å². The Morgan fingerprint density at radius 1 is 1.17 bits per heavy atom. The fraction of sp³-hybridized carbons (Fsp3) is 0.667. The minimum atomic E-state index is -0.120. The van der Waals surface area contributed by atoms with Crippen LogP contribution in [0.5, 0.6) is 11.5 Å². The van der Waals surface area contributed by atoms with Gasteiger partial charge in [-0.2, -0.15) is 0 Å². The molecule has 2 fully saturated rings. The molecule has 3 heterocycles. The summed E-state index contributed by atoms with van der Waals surface area (Å²) in [6.45, 7) is 8.67. The molecule has 2 aliphatic heterocycles.